The summed E-state index contributed by atoms with van der Waals surface area (Å²) in [7, 11) is 3.68. The standard InChI is InChI=1S/C23H35ClN6O2/c1-23(2)8-5-17(14-26-29(3)16-23)19-13-21(25-15-20(19)24)28-22(31)27-18-6-9-30(10-7-18)11-12-32-4/h5,13-15,18H,6-12,16H2,1-4H3,(H2,25,27,28,31). The van der Waals surface area contributed by atoms with Crippen molar-refractivity contribution in [2.45, 2.75) is 39.2 Å². The highest BCUT2D eigenvalue weighted by molar-refractivity contribution is 6.33. The number of nitrogens with zero attached hydrogens (tertiary/aromatic N) is 4. The van der Waals surface area contributed by atoms with Crippen LogP contribution < -0.4 is 10.6 Å². The number of carbonyl (C=O) groups is 1. The van der Waals surface area contributed by atoms with Crippen LogP contribution in [0.25, 0.3) is 5.57 Å². The van der Waals surface area contributed by atoms with E-state index in [9.17, 15) is 4.79 Å². The zero-order valence-corrected chi connectivity index (χ0v) is 20.3. The molecule has 1 fully saturated rings. The van der Waals surface area contributed by atoms with E-state index >= 15 is 0 Å². The molecule has 0 aromatic carbocycles. The van der Waals surface area contributed by atoms with Crippen LogP contribution in [0, 0.1) is 5.41 Å². The van der Waals surface area contributed by atoms with Crippen molar-refractivity contribution in [2.24, 2.45) is 10.5 Å². The first-order chi connectivity index (χ1) is 15.3. The maximum absolute atomic E-state index is 12.6. The van der Waals surface area contributed by atoms with E-state index in [1.807, 2.05) is 24.3 Å². The first-order valence-corrected chi connectivity index (χ1v) is 11.5. The number of ether oxygens (including phenoxy) is 1. The van der Waals surface area contributed by atoms with Crippen LogP contribution in [0.2, 0.25) is 5.02 Å². The molecule has 8 nitrogen and oxygen atoms in total. The number of halogens is 1. The van der Waals surface area contributed by atoms with Gasteiger partial charge in [0.1, 0.15) is 5.82 Å². The fourth-order valence-electron chi connectivity index (χ4n) is 4.09. The van der Waals surface area contributed by atoms with Crippen LogP contribution in [0.5, 0.6) is 0 Å². The summed E-state index contributed by atoms with van der Waals surface area (Å²) in [4.78, 5) is 19.2. The van der Waals surface area contributed by atoms with E-state index in [2.05, 4.69) is 45.5 Å². The summed E-state index contributed by atoms with van der Waals surface area (Å²) in [6.45, 7) is 8.87. The van der Waals surface area contributed by atoms with E-state index in [4.69, 9.17) is 16.3 Å². The number of amides is 2. The first kappa shape index (κ1) is 24.5. The van der Waals surface area contributed by atoms with Gasteiger partial charge in [0.2, 0.25) is 0 Å². The summed E-state index contributed by atoms with van der Waals surface area (Å²) in [5, 5.41) is 12.9. The summed E-state index contributed by atoms with van der Waals surface area (Å²) in [5.74, 6) is 0.461. The van der Waals surface area contributed by atoms with E-state index < -0.39 is 0 Å². The molecule has 0 aliphatic carbocycles. The molecule has 2 aliphatic rings. The summed E-state index contributed by atoms with van der Waals surface area (Å²) >= 11 is 6.45. The van der Waals surface area contributed by atoms with Gasteiger partial charge in [0, 0.05) is 58.1 Å². The second-order valence-corrected chi connectivity index (χ2v) is 9.75. The molecule has 2 aliphatic heterocycles. The molecule has 2 N–H and O–H groups in total. The van der Waals surface area contributed by atoms with E-state index in [0.717, 1.165) is 63.2 Å². The number of pyridine rings is 1. The molecule has 0 radical (unpaired) electrons. The van der Waals surface area contributed by atoms with Crippen LogP contribution in [0.3, 0.4) is 0 Å². The van der Waals surface area contributed by atoms with Crippen LogP contribution >= 0.6 is 11.6 Å². The highest BCUT2D eigenvalue weighted by Gasteiger charge is 2.22. The fourth-order valence-corrected chi connectivity index (χ4v) is 4.30. The number of likely N-dealkylation sites (tertiary alicyclic amines) is 1. The largest absolute Gasteiger partial charge is 0.383 e. The van der Waals surface area contributed by atoms with Crippen molar-refractivity contribution in [3.05, 3.63) is 28.9 Å². The van der Waals surface area contributed by atoms with Gasteiger partial charge in [0.25, 0.3) is 0 Å². The van der Waals surface area contributed by atoms with Gasteiger partial charge in [0.15, 0.2) is 0 Å². The first-order valence-electron chi connectivity index (χ1n) is 11.2. The average molecular weight is 463 g/mol. The molecule has 0 saturated carbocycles. The summed E-state index contributed by atoms with van der Waals surface area (Å²) in [6, 6.07) is 1.71. The Bertz CT molecular complexity index is 849. The minimum Gasteiger partial charge on any atom is -0.383 e. The number of urea groups is 1. The molecule has 3 heterocycles. The number of piperidine rings is 1. The lowest BCUT2D eigenvalue weighted by Gasteiger charge is -2.32. The quantitative estimate of drug-likeness (QED) is 0.673. The third kappa shape index (κ3) is 7.18. The number of hydrogen-bond acceptors (Lipinski definition) is 6. The average Bonchev–Trinajstić information content (AvgIpc) is 2.73. The number of nitrogens with one attached hydrogen (secondary N) is 2. The Morgan fingerprint density at radius 3 is 2.81 bits per heavy atom. The minimum absolute atomic E-state index is 0.0946. The number of aromatic nitrogens is 1. The molecule has 2 amide bonds. The number of anilines is 1. The van der Waals surface area contributed by atoms with Crippen molar-refractivity contribution < 1.29 is 9.53 Å². The smallest absolute Gasteiger partial charge is 0.320 e. The number of methoxy groups -OCH3 is 1. The van der Waals surface area contributed by atoms with Crippen LogP contribution in [-0.2, 0) is 4.74 Å². The van der Waals surface area contributed by atoms with Gasteiger partial charge in [-0.3, -0.25) is 10.3 Å². The number of carbonyl (C=O) groups excluding carboxylic acids is 1. The molecule has 32 heavy (non-hydrogen) atoms. The number of hydrazone groups is 1. The minimum atomic E-state index is -0.248. The number of allylic oxidation sites excluding steroid dienone is 2. The summed E-state index contributed by atoms with van der Waals surface area (Å²) in [6.07, 6.45) is 8.27. The highest BCUT2D eigenvalue weighted by Crippen LogP contribution is 2.30. The van der Waals surface area contributed by atoms with Gasteiger partial charge in [-0.2, -0.15) is 5.10 Å². The van der Waals surface area contributed by atoms with Gasteiger partial charge >= 0.3 is 6.03 Å². The predicted octanol–water partition coefficient (Wildman–Crippen LogP) is 3.70. The monoisotopic (exact) mass is 462 g/mol. The van der Waals surface area contributed by atoms with E-state index in [1.54, 1.807) is 13.3 Å². The Morgan fingerprint density at radius 1 is 1.34 bits per heavy atom. The Kier molecular flexibility index (Phi) is 8.51. The van der Waals surface area contributed by atoms with Gasteiger partial charge in [0.05, 0.1) is 17.8 Å². The summed E-state index contributed by atoms with van der Waals surface area (Å²) < 4.78 is 5.14. The van der Waals surface area contributed by atoms with Crippen LogP contribution in [0.15, 0.2) is 23.4 Å². The molecule has 1 aromatic rings. The lowest BCUT2D eigenvalue weighted by Crippen LogP contribution is -2.46. The van der Waals surface area contributed by atoms with Crippen molar-refractivity contribution in [3.8, 4) is 0 Å². The Hall–Kier alpha value is -2.16. The normalized spacial score (nSPS) is 19.8. The van der Waals surface area contributed by atoms with Crippen molar-refractivity contribution in [2.75, 3.05) is 52.3 Å². The molecule has 0 bridgehead atoms. The number of rotatable bonds is 6. The van der Waals surface area contributed by atoms with Crippen molar-refractivity contribution in [3.63, 3.8) is 0 Å². The molecule has 3 rings (SSSR count). The Labute approximate surface area is 196 Å². The number of hydrogen-bond donors (Lipinski definition) is 2. The van der Waals surface area contributed by atoms with Crippen molar-refractivity contribution >= 4 is 35.2 Å². The van der Waals surface area contributed by atoms with E-state index in [1.165, 1.54) is 0 Å². The predicted molar refractivity (Wildman–Crippen MR) is 130 cm³/mol. The summed E-state index contributed by atoms with van der Waals surface area (Å²) in [5.41, 5.74) is 1.82. The lowest BCUT2D eigenvalue weighted by atomic mass is 9.87. The van der Waals surface area contributed by atoms with E-state index in [0.29, 0.717) is 10.8 Å². The highest BCUT2D eigenvalue weighted by atomic mass is 35.5. The second kappa shape index (κ2) is 11.1. The fraction of sp³-hybridized carbons (Fsp3) is 0.609. The molecule has 0 atom stereocenters. The molecule has 1 aromatic heterocycles. The third-order valence-corrected chi connectivity index (χ3v) is 6.17. The second-order valence-electron chi connectivity index (χ2n) is 9.34. The van der Waals surface area contributed by atoms with Gasteiger partial charge in [-0.1, -0.05) is 31.5 Å². The van der Waals surface area contributed by atoms with Crippen LogP contribution in [-0.4, -0.2) is 80.1 Å². The molecule has 176 valence electrons. The topological polar surface area (TPSA) is 82.1 Å². The molecular formula is C23H35ClN6O2. The zero-order chi connectivity index (χ0) is 23.1. The van der Waals surface area contributed by atoms with Crippen LogP contribution in [0.1, 0.15) is 38.7 Å². The van der Waals surface area contributed by atoms with E-state index in [-0.39, 0.29) is 17.5 Å². The Morgan fingerprint density at radius 2 is 2.09 bits per heavy atom. The lowest BCUT2D eigenvalue weighted by molar-refractivity contribution is 0.127. The maximum atomic E-state index is 12.6. The zero-order valence-electron chi connectivity index (χ0n) is 19.5. The molecule has 0 spiro atoms. The van der Waals surface area contributed by atoms with Crippen molar-refractivity contribution in [1.82, 2.24) is 20.2 Å². The van der Waals surface area contributed by atoms with Gasteiger partial charge in [-0.25, -0.2) is 9.78 Å². The van der Waals surface area contributed by atoms with Crippen molar-refractivity contribution in [1.29, 1.82) is 0 Å². The maximum Gasteiger partial charge on any atom is 0.320 e. The molecule has 9 heteroatoms. The molecule has 0 unspecified atom stereocenters. The molecular weight excluding hydrogens is 428 g/mol. The SMILES string of the molecule is COCCN1CCC(NC(=O)Nc2cc(C3=CCC(C)(C)CN(C)N=C3)c(Cl)cn2)CC1. The molecule has 1 saturated heterocycles. The van der Waals surface area contributed by atoms with Gasteiger partial charge in [-0.15, -0.1) is 0 Å². The third-order valence-electron chi connectivity index (χ3n) is 5.87. The Balaban J connectivity index is 1.62. The van der Waals surface area contributed by atoms with Crippen LogP contribution in [0.4, 0.5) is 10.6 Å². The van der Waals surface area contributed by atoms with Gasteiger partial charge < -0.3 is 15.0 Å². The van der Waals surface area contributed by atoms with Gasteiger partial charge in [-0.05, 0) is 36.3 Å².